The predicted octanol–water partition coefficient (Wildman–Crippen LogP) is 1.29. The van der Waals surface area contributed by atoms with Crippen LogP contribution in [0, 0.1) is 0 Å². The molecule has 2 N–H and O–H groups in total. The molecule has 8 heteroatoms. The molecule has 2 aromatic heterocycles. The Balaban J connectivity index is 1.62. The summed E-state index contributed by atoms with van der Waals surface area (Å²) < 4.78 is 1.78. The first-order chi connectivity index (χ1) is 9.74. The number of hydrogen-bond acceptors (Lipinski definition) is 5. The minimum Gasteiger partial charge on any atom is -0.328 e. The summed E-state index contributed by atoms with van der Waals surface area (Å²) in [6, 6.07) is 5.09. The summed E-state index contributed by atoms with van der Waals surface area (Å²) in [7, 11) is 0. The number of urea groups is 1. The van der Waals surface area contributed by atoms with E-state index in [4.69, 9.17) is 0 Å². The van der Waals surface area contributed by atoms with E-state index < -0.39 is 0 Å². The smallest absolute Gasteiger partial charge is 0.320 e. The second-order valence-electron chi connectivity index (χ2n) is 4.75. The summed E-state index contributed by atoms with van der Waals surface area (Å²) in [5.74, 6) is 1.17. The van der Waals surface area contributed by atoms with Gasteiger partial charge in [-0.15, -0.1) is 5.10 Å². The van der Waals surface area contributed by atoms with Crippen LogP contribution >= 0.6 is 0 Å². The molecule has 1 aliphatic carbocycles. The molecule has 0 radical (unpaired) electrons. The Bertz CT molecular complexity index is 593. The van der Waals surface area contributed by atoms with Gasteiger partial charge in [-0.05, 0) is 42.3 Å². The van der Waals surface area contributed by atoms with Crippen LogP contribution in [-0.2, 0) is 0 Å². The molecule has 0 bridgehead atoms. The van der Waals surface area contributed by atoms with Crippen molar-refractivity contribution in [1.29, 1.82) is 0 Å². The molecule has 3 rings (SSSR count). The predicted molar refractivity (Wildman–Crippen MR) is 70.9 cm³/mol. The molecular weight excluding hydrogens is 258 g/mol. The molecular formula is C12H15N7O. The summed E-state index contributed by atoms with van der Waals surface area (Å²) >= 11 is 0. The lowest BCUT2D eigenvalue weighted by Gasteiger charge is -2.13. The van der Waals surface area contributed by atoms with E-state index in [9.17, 15) is 4.79 Å². The lowest BCUT2D eigenvalue weighted by Crippen LogP contribution is -2.32. The zero-order valence-electron chi connectivity index (χ0n) is 11.0. The number of anilines is 1. The van der Waals surface area contributed by atoms with Crippen LogP contribution in [0.15, 0.2) is 24.4 Å². The molecule has 0 spiro atoms. The van der Waals surface area contributed by atoms with E-state index in [-0.39, 0.29) is 12.1 Å². The van der Waals surface area contributed by atoms with Crippen molar-refractivity contribution < 1.29 is 4.79 Å². The Hall–Kier alpha value is -2.51. The molecule has 1 unspecified atom stereocenters. The Morgan fingerprint density at radius 3 is 3.00 bits per heavy atom. The highest BCUT2D eigenvalue weighted by atomic mass is 16.2. The molecule has 1 aliphatic rings. The minimum atomic E-state index is -0.332. The van der Waals surface area contributed by atoms with Crippen molar-refractivity contribution >= 4 is 11.8 Å². The number of nitrogens with zero attached hydrogens (tertiary/aromatic N) is 5. The highest BCUT2D eigenvalue weighted by molar-refractivity contribution is 5.88. The molecule has 8 nitrogen and oxygen atoms in total. The van der Waals surface area contributed by atoms with E-state index in [0.717, 1.165) is 12.8 Å². The van der Waals surface area contributed by atoms with E-state index in [2.05, 4.69) is 31.1 Å². The SMILES string of the molecule is CC(NC(=O)Nc1ccccn1)c1nnnn1C1CC1. The molecule has 1 saturated carbocycles. The van der Waals surface area contributed by atoms with Crippen molar-refractivity contribution in [2.45, 2.75) is 31.8 Å². The highest BCUT2D eigenvalue weighted by Gasteiger charge is 2.29. The number of carbonyl (C=O) groups excluding carboxylic acids is 1. The topological polar surface area (TPSA) is 97.6 Å². The molecule has 1 fully saturated rings. The van der Waals surface area contributed by atoms with Gasteiger partial charge in [0.15, 0.2) is 5.82 Å². The Kier molecular flexibility index (Phi) is 3.28. The fourth-order valence-corrected chi connectivity index (χ4v) is 1.92. The van der Waals surface area contributed by atoms with Gasteiger partial charge in [0.05, 0.1) is 12.1 Å². The van der Waals surface area contributed by atoms with Crippen molar-refractivity contribution in [2.75, 3.05) is 5.32 Å². The largest absolute Gasteiger partial charge is 0.328 e. The monoisotopic (exact) mass is 273 g/mol. The molecule has 0 aromatic carbocycles. The molecule has 2 aromatic rings. The van der Waals surface area contributed by atoms with Gasteiger partial charge in [-0.2, -0.15) is 0 Å². The maximum Gasteiger partial charge on any atom is 0.320 e. The van der Waals surface area contributed by atoms with Crippen molar-refractivity contribution in [3.63, 3.8) is 0 Å². The van der Waals surface area contributed by atoms with E-state index in [1.54, 1.807) is 29.1 Å². The number of amides is 2. The lowest BCUT2D eigenvalue weighted by molar-refractivity contribution is 0.248. The molecule has 20 heavy (non-hydrogen) atoms. The third kappa shape index (κ3) is 2.73. The van der Waals surface area contributed by atoms with Gasteiger partial charge < -0.3 is 5.32 Å². The molecule has 0 saturated heterocycles. The average Bonchev–Trinajstić information content (AvgIpc) is 3.16. The van der Waals surface area contributed by atoms with Crippen molar-refractivity contribution in [3.8, 4) is 0 Å². The van der Waals surface area contributed by atoms with Crippen molar-refractivity contribution in [1.82, 2.24) is 30.5 Å². The quantitative estimate of drug-likeness (QED) is 0.874. The summed E-state index contributed by atoms with van der Waals surface area (Å²) in [6.07, 6.45) is 3.79. The zero-order valence-corrected chi connectivity index (χ0v) is 11.0. The first kappa shape index (κ1) is 12.5. The summed E-state index contributed by atoms with van der Waals surface area (Å²) in [4.78, 5) is 15.9. The van der Waals surface area contributed by atoms with Crippen LogP contribution in [0.1, 0.15) is 37.7 Å². The number of tetrazole rings is 1. The normalized spacial score (nSPS) is 15.7. The molecule has 0 aliphatic heterocycles. The number of hydrogen-bond donors (Lipinski definition) is 2. The van der Waals surface area contributed by atoms with Gasteiger partial charge in [-0.1, -0.05) is 6.07 Å². The maximum absolute atomic E-state index is 11.9. The Morgan fingerprint density at radius 2 is 2.30 bits per heavy atom. The maximum atomic E-state index is 11.9. The van der Waals surface area contributed by atoms with E-state index in [0.29, 0.717) is 17.7 Å². The van der Waals surface area contributed by atoms with Gasteiger partial charge in [0, 0.05) is 6.20 Å². The fraction of sp³-hybridized carbons (Fsp3) is 0.417. The fourth-order valence-electron chi connectivity index (χ4n) is 1.92. The standard InChI is InChI=1S/C12H15N7O/c1-8(11-16-17-18-19(11)9-5-6-9)14-12(20)15-10-4-2-3-7-13-10/h2-4,7-9H,5-6H2,1H3,(H2,13,14,15,20). The molecule has 2 heterocycles. The summed E-state index contributed by atoms with van der Waals surface area (Å²) in [5.41, 5.74) is 0. The summed E-state index contributed by atoms with van der Waals surface area (Å²) in [5, 5.41) is 17.1. The van der Waals surface area contributed by atoms with E-state index in [1.807, 2.05) is 6.92 Å². The van der Waals surface area contributed by atoms with E-state index >= 15 is 0 Å². The summed E-state index contributed by atoms with van der Waals surface area (Å²) in [6.45, 7) is 1.85. The Labute approximate surface area is 115 Å². The third-order valence-electron chi connectivity index (χ3n) is 3.05. The lowest BCUT2D eigenvalue weighted by atomic mass is 10.3. The number of carbonyl (C=O) groups is 1. The zero-order chi connectivity index (χ0) is 13.9. The van der Waals surface area contributed by atoms with Crippen molar-refractivity contribution in [2.24, 2.45) is 0 Å². The van der Waals surface area contributed by atoms with E-state index in [1.165, 1.54) is 0 Å². The number of rotatable bonds is 4. The van der Waals surface area contributed by atoms with Gasteiger partial charge in [0.2, 0.25) is 0 Å². The first-order valence-electron chi connectivity index (χ1n) is 6.50. The van der Waals surface area contributed by atoms with Gasteiger partial charge in [0.1, 0.15) is 5.82 Å². The van der Waals surface area contributed by atoms with Gasteiger partial charge in [-0.25, -0.2) is 14.5 Å². The first-order valence-corrected chi connectivity index (χ1v) is 6.50. The van der Waals surface area contributed by atoms with Crippen LogP contribution in [0.4, 0.5) is 10.6 Å². The van der Waals surface area contributed by atoms with Gasteiger partial charge in [0.25, 0.3) is 0 Å². The molecule has 2 amide bonds. The van der Waals surface area contributed by atoms with Gasteiger partial charge >= 0.3 is 6.03 Å². The number of aromatic nitrogens is 5. The van der Waals surface area contributed by atoms with Crippen LogP contribution in [-0.4, -0.2) is 31.2 Å². The van der Waals surface area contributed by atoms with Crippen molar-refractivity contribution in [3.05, 3.63) is 30.2 Å². The molecule has 1 atom stereocenters. The Morgan fingerprint density at radius 1 is 1.45 bits per heavy atom. The minimum absolute atomic E-state index is 0.269. The third-order valence-corrected chi connectivity index (χ3v) is 3.05. The van der Waals surface area contributed by atoms with Gasteiger partial charge in [-0.3, -0.25) is 5.32 Å². The second-order valence-corrected chi connectivity index (χ2v) is 4.75. The molecule has 104 valence electrons. The number of nitrogens with one attached hydrogen (secondary N) is 2. The second kappa shape index (κ2) is 5.24. The number of pyridine rings is 1. The van der Waals surface area contributed by atoms with Crippen LogP contribution < -0.4 is 10.6 Å². The van der Waals surface area contributed by atoms with Crippen LogP contribution in [0.25, 0.3) is 0 Å². The average molecular weight is 273 g/mol. The van der Waals surface area contributed by atoms with Crippen LogP contribution in [0.3, 0.4) is 0 Å². The van der Waals surface area contributed by atoms with Crippen LogP contribution in [0.5, 0.6) is 0 Å². The van der Waals surface area contributed by atoms with Crippen LogP contribution in [0.2, 0.25) is 0 Å². The highest BCUT2D eigenvalue weighted by Crippen LogP contribution is 2.35.